The molecule has 2 heterocycles. The molecule has 5 rings (SSSR count). The monoisotopic (exact) mass is 396 g/mol. The van der Waals surface area contributed by atoms with Gasteiger partial charge in [0.1, 0.15) is 17.1 Å². The van der Waals surface area contributed by atoms with Gasteiger partial charge >= 0.3 is 0 Å². The van der Waals surface area contributed by atoms with Crippen LogP contribution in [0.5, 0.6) is 0 Å². The molecule has 1 N–H and O–H groups in total. The Hall–Kier alpha value is -2.86. The molecule has 3 aromatic rings. The highest BCUT2D eigenvalue weighted by atomic mass is 35.5. The minimum absolute atomic E-state index is 0.00634. The number of hydrogen-bond donors (Lipinski definition) is 1. The minimum Gasteiger partial charge on any atom is -0.361 e. The van der Waals surface area contributed by atoms with Crippen LogP contribution in [0.25, 0.3) is 5.69 Å². The van der Waals surface area contributed by atoms with Crippen LogP contribution in [0.15, 0.2) is 48.5 Å². The highest BCUT2D eigenvalue weighted by Gasteiger charge is 2.44. The zero-order valence-corrected chi connectivity index (χ0v) is 15.9. The van der Waals surface area contributed by atoms with E-state index in [-0.39, 0.29) is 17.8 Å². The Morgan fingerprint density at radius 2 is 1.86 bits per heavy atom. The van der Waals surface area contributed by atoms with Gasteiger partial charge < -0.3 is 10.2 Å². The molecular weight excluding hydrogens is 379 g/mol. The van der Waals surface area contributed by atoms with Gasteiger partial charge in [-0.25, -0.2) is 9.07 Å². The molecule has 2 aromatic carbocycles. The lowest BCUT2D eigenvalue weighted by atomic mass is 10.0. The van der Waals surface area contributed by atoms with E-state index in [2.05, 4.69) is 10.4 Å². The summed E-state index contributed by atoms with van der Waals surface area (Å²) in [7, 11) is 0. The summed E-state index contributed by atoms with van der Waals surface area (Å²) in [6.45, 7) is 1.87. The first-order valence-electron chi connectivity index (χ1n) is 9.24. The molecule has 142 valence electrons. The number of nitrogens with one attached hydrogen (secondary N) is 1. The number of nitrogens with zero attached hydrogens (tertiary/aromatic N) is 3. The number of aryl methyl sites for hydroxylation is 1. The van der Waals surface area contributed by atoms with Crippen LogP contribution in [0.4, 0.5) is 10.1 Å². The van der Waals surface area contributed by atoms with Crippen molar-refractivity contribution < 1.29 is 9.18 Å². The number of aromatic nitrogens is 2. The van der Waals surface area contributed by atoms with Gasteiger partial charge in [0.25, 0.3) is 5.91 Å². The van der Waals surface area contributed by atoms with E-state index >= 15 is 0 Å². The number of halogens is 2. The van der Waals surface area contributed by atoms with Crippen molar-refractivity contribution >= 4 is 23.2 Å². The summed E-state index contributed by atoms with van der Waals surface area (Å²) in [5, 5.41) is 8.46. The molecule has 7 heteroatoms. The lowest BCUT2D eigenvalue weighted by Gasteiger charge is -2.38. The van der Waals surface area contributed by atoms with Crippen molar-refractivity contribution in [1.82, 2.24) is 14.7 Å². The van der Waals surface area contributed by atoms with E-state index < -0.39 is 6.17 Å². The third kappa shape index (κ3) is 2.67. The first kappa shape index (κ1) is 17.3. The Morgan fingerprint density at radius 1 is 1.14 bits per heavy atom. The van der Waals surface area contributed by atoms with Crippen molar-refractivity contribution in [2.24, 2.45) is 0 Å². The van der Waals surface area contributed by atoms with E-state index in [0.717, 1.165) is 29.8 Å². The van der Waals surface area contributed by atoms with E-state index in [1.54, 1.807) is 16.8 Å². The first-order valence-corrected chi connectivity index (χ1v) is 9.61. The zero-order chi connectivity index (χ0) is 19.4. The summed E-state index contributed by atoms with van der Waals surface area (Å²) >= 11 is 6.73. The number of carbonyl (C=O) groups excluding carboxylic acids is 1. The number of hydrogen-bond acceptors (Lipinski definition) is 3. The summed E-state index contributed by atoms with van der Waals surface area (Å²) in [6.07, 6.45) is 1.57. The zero-order valence-electron chi connectivity index (χ0n) is 15.2. The van der Waals surface area contributed by atoms with Crippen molar-refractivity contribution in [2.45, 2.75) is 32.0 Å². The highest BCUT2D eigenvalue weighted by Crippen LogP contribution is 2.43. The van der Waals surface area contributed by atoms with Gasteiger partial charge in [0, 0.05) is 11.7 Å². The average molecular weight is 397 g/mol. The Labute approximate surface area is 166 Å². The number of fused-ring (bicyclic) bond motifs is 1. The van der Waals surface area contributed by atoms with Gasteiger partial charge in [-0.05, 0) is 56.2 Å². The Morgan fingerprint density at radius 3 is 2.57 bits per heavy atom. The molecule has 2 aliphatic rings. The maximum absolute atomic E-state index is 13.3. The van der Waals surface area contributed by atoms with Crippen LogP contribution >= 0.6 is 11.6 Å². The molecular formula is C21H18ClFN4O. The molecule has 5 nitrogen and oxygen atoms in total. The molecule has 0 spiro atoms. The van der Waals surface area contributed by atoms with Crippen molar-refractivity contribution in [1.29, 1.82) is 0 Å². The lowest BCUT2D eigenvalue weighted by molar-refractivity contribution is 0.0666. The summed E-state index contributed by atoms with van der Waals surface area (Å²) < 4.78 is 14.9. The predicted molar refractivity (Wildman–Crippen MR) is 105 cm³/mol. The van der Waals surface area contributed by atoms with Gasteiger partial charge in [0.05, 0.1) is 22.5 Å². The van der Waals surface area contributed by atoms with Crippen molar-refractivity contribution in [3.63, 3.8) is 0 Å². The van der Waals surface area contributed by atoms with Gasteiger partial charge in [-0.1, -0.05) is 23.7 Å². The fourth-order valence-electron chi connectivity index (χ4n) is 3.78. The summed E-state index contributed by atoms with van der Waals surface area (Å²) in [5.74, 6) is -0.313. The number of amides is 1. The maximum Gasteiger partial charge on any atom is 0.258 e. The fourth-order valence-corrected chi connectivity index (χ4v) is 4.16. The van der Waals surface area contributed by atoms with Crippen LogP contribution in [0.3, 0.4) is 0 Å². The van der Waals surface area contributed by atoms with Crippen LogP contribution in [0.1, 0.15) is 40.6 Å². The molecule has 0 bridgehead atoms. The van der Waals surface area contributed by atoms with E-state index in [9.17, 15) is 9.18 Å². The molecule has 1 fully saturated rings. The lowest BCUT2D eigenvalue weighted by Crippen LogP contribution is -2.44. The molecule has 0 radical (unpaired) electrons. The Balaban J connectivity index is 1.62. The Bertz CT molecular complexity index is 1070. The molecule has 1 atom stereocenters. The first-order chi connectivity index (χ1) is 13.5. The third-order valence-corrected chi connectivity index (χ3v) is 5.66. The fraction of sp³-hybridized carbons (Fsp3) is 0.238. The second-order valence-corrected chi connectivity index (χ2v) is 7.57. The van der Waals surface area contributed by atoms with Gasteiger partial charge in [0.2, 0.25) is 0 Å². The molecule has 0 saturated heterocycles. The van der Waals surface area contributed by atoms with Crippen LogP contribution in [-0.4, -0.2) is 26.6 Å². The normalized spacial score (nSPS) is 18.8. The molecule has 1 saturated carbocycles. The quantitative estimate of drug-likeness (QED) is 0.698. The summed E-state index contributed by atoms with van der Waals surface area (Å²) in [5.41, 5.74) is 3.62. The SMILES string of the molecule is Cc1nn(-c2ccc(F)cc2)c(Cl)c1C1Nc2ccccc2C(=O)N1C1CC1. The molecule has 1 unspecified atom stereocenters. The van der Waals surface area contributed by atoms with Gasteiger partial charge in [-0.15, -0.1) is 0 Å². The predicted octanol–water partition coefficient (Wildman–Crippen LogP) is 4.70. The number of para-hydroxylation sites is 1. The minimum atomic E-state index is -0.392. The molecule has 1 aliphatic carbocycles. The van der Waals surface area contributed by atoms with Crippen molar-refractivity contribution in [3.05, 3.63) is 76.3 Å². The second kappa shape index (κ2) is 6.34. The van der Waals surface area contributed by atoms with Crippen molar-refractivity contribution in [2.75, 3.05) is 5.32 Å². The molecule has 1 amide bonds. The summed E-state index contributed by atoms with van der Waals surface area (Å²) in [6, 6.07) is 13.7. The average Bonchev–Trinajstić information content (AvgIpc) is 3.47. The largest absolute Gasteiger partial charge is 0.361 e. The summed E-state index contributed by atoms with van der Waals surface area (Å²) in [4.78, 5) is 15.1. The van der Waals surface area contributed by atoms with E-state index in [4.69, 9.17) is 11.6 Å². The van der Waals surface area contributed by atoms with E-state index in [1.165, 1.54) is 12.1 Å². The van der Waals surface area contributed by atoms with Crippen LogP contribution in [0.2, 0.25) is 5.15 Å². The van der Waals surface area contributed by atoms with Gasteiger partial charge in [-0.2, -0.15) is 5.10 Å². The van der Waals surface area contributed by atoms with Crippen LogP contribution in [0, 0.1) is 12.7 Å². The van der Waals surface area contributed by atoms with E-state index in [0.29, 0.717) is 16.4 Å². The third-order valence-electron chi connectivity index (χ3n) is 5.30. The van der Waals surface area contributed by atoms with Gasteiger partial charge in [-0.3, -0.25) is 4.79 Å². The van der Waals surface area contributed by atoms with Crippen molar-refractivity contribution in [3.8, 4) is 5.69 Å². The molecule has 1 aliphatic heterocycles. The highest BCUT2D eigenvalue weighted by molar-refractivity contribution is 6.30. The number of benzene rings is 2. The standard InChI is InChI=1S/C21H18ClFN4O/c1-12-18(19(22)27(25-12)15-8-6-13(23)7-9-15)20-24-17-5-3-2-4-16(17)21(28)26(20)14-10-11-14/h2-9,14,20,24H,10-11H2,1H3. The topological polar surface area (TPSA) is 50.2 Å². The van der Waals surface area contributed by atoms with E-state index in [1.807, 2.05) is 36.1 Å². The smallest absolute Gasteiger partial charge is 0.258 e. The molecule has 1 aromatic heterocycles. The second-order valence-electron chi connectivity index (χ2n) is 7.21. The molecule has 28 heavy (non-hydrogen) atoms. The van der Waals surface area contributed by atoms with Crippen LogP contribution < -0.4 is 5.32 Å². The number of anilines is 1. The number of carbonyl (C=O) groups is 1. The number of rotatable bonds is 3. The Kier molecular flexibility index (Phi) is 3.91. The van der Waals surface area contributed by atoms with Crippen LogP contribution in [-0.2, 0) is 0 Å². The van der Waals surface area contributed by atoms with Gasteiger partial charge in [0.15, 0.2) is 0 Å². The maximum atomic E-state index is 13.3.